The number of H-pyrrole nitrogens is 1. The molecule has 7 heteroatoms. The van der Waals surface area contributed by atoms with E-state index in [2.05, 4.69) is 19.9 Å². The first kappa shape index (κ1) is 8.85. The van der Waals surface area contributed by atoms with Gasteiger partial charge in [0.25, 0.3) is 0 Å². The molecule has 74 valence electrons. The predicted octanol–water partition coefficient (Wildman–Crippen LogP) is -1.07. The highest BCUT2D eigenvalue weighted by atomic mass is 16.3. The van der Waals surface area contributed by atoms with Crippen molar-refractivity contribution < 1.29 is 5.11 Å². The standard InChI is InChI=1S/C7H10N6O/c8-1-3(14)6-12-4-5(9)10-2-11-7(4)13-6/h2-3,14H,1,8H2,(H3,9,10,11,12,13). The Kier molecular flexibility index (Phi) is 2.02. The van der Waals surface area contributed by atoms with Gasteiger partial charge in [0.15, 0.2) is 11.5 Å². The topological polar surface area (TPSA) is 127 Å². The van der Waals surface area contributed by atoms with Gasteiger partial charge < -0.3 is 21.6 Å². The third-order valence-corrected chi connectivity index (χ3v) is 1.87. The lowest BCUT2D eigenvalue weighted by molar-refractivity contribution is 0.178. The van der Waals surface area contributed by atoms with Crippen LogP contribution in [0.5, 0.6) is 0 Å². The molecule has 2 aromatic rings. The molecule has 0 aliphatic rings. The Morgan fingerprint density at radius 1 is 1.50 bits per heavy atom. The van der Waals surface area contributed by atoms with Crippen molar-refractivity contribution in [3.05, 3.63) is 12.2 Å². The number of rotatable bonds is 2. The second kappa shape index (κ2) is 3.20. The molecule has 1 atom stereocenters. The monoisotopic (exact) mass is 194 g/mol. The number of nitrogens with one attached hydrogen (secondary N) is 1. The molecule has 2 aromatic heterocycles. The first-order valence-electron chi connectivity index (χ1n) is 4.06. The summed E-state index contributed by atoms with van der Waals surface area (Å²) in [7, 11) is 0. The van der Waals surface area contributed by atoms with Crippen molar-refractivity contribution in [1.82, 2.24) is 19.9 Å². The number of nitrogens with two attached hydrogens (primary N) is 2. The van der Waals surface area contributed by atoms with Crippen molar-refractivity contribution in [3.8, 4) is 0 Å². The third kappa shape index (κ3) is 1.28. The SMILES string of the molecule is NCC(O)c1nc2ncnc(N)c2[nH]1. The summed E-state index contributed by atoms with van der Waals surface area (Å²) in [4.78, 5) is 14.5. The molecule has 0 aliphatic carbocycles. The fraction of sp³-hybridized carbons (Fsp3) is 0.286. The van der Waals surface area contributed by atoms with E-state index in [1.165, 1.54) is 6.33 Å². The van der Waals surface area contributed by atoms with E-state index in [9.17, 15) is 5.11 Å². The maximum absolute atomic E-state index is 9.41. The van der Waals surface area contributed by atoms with E-state index < -0.39 is 6.10 Å². The number of aliphatic hydroxyl groups excluding tert-OH is 1. The number of nitrogen functional groups attached to an aromatic ring is 1. The lowest BCUT2D eigenvalue weighted by atomic mass is 10.3. The molecule has 2 heterocycles. The van der Waals surface area contributed by atoms with Crippen LogP contribution >= 0.6 is 0 Å². The highest BCUT2D eigenvalue weighted by Gasteiger charge is 2.12. The van der Waals surface area contributed by atoms with Gasteiger partial charge in [-0.25, -0.2) is 15.0 Å². The summed E-state index contributed by atoms with van der Waals surface area (Å²) >= 11 is 0. The van der Waals surface area contributed by atoms with Crippen LogP contribution in [0.15, 0.2) is 6.33 Å². The fourth-order valence-corrected chi connectivity index (χ4v) is 1.13. The summed E-state index contributed by atoms with van der Waals surface area (Å²) in [5, 5.41) is 9.41. The number of hydrogen-bond donors (Lipinski definition) is 4. The normalized spacial score (nSPS) is 13.3. The molecule has 14 heavy (non-hydrogen) atoms. The zero-order valence-corrected chi connectivity index (χ0v) is 7.31. The number of anilines is 1. The van der Waals surface area contributed by atoms with Gasteiger partial charge in [0, 0.05) is 6.54 Å². The second-order valence-electron chi connectivity index (χ2n) is 2.83. The molecule has 6 N–H and O–H groups in total. The van der Waals surface area contributed by atoms with E-state index in [4.69, 9.17) is 11.5 Å². The smallest absolute Gasteiger partial charge is 0.183 e. The van der Waals surface area contributed by atoms with Crippen molar-refractivity contribution in [2.45, 2.75) is 6.10 Å². The van der Waals surface area contributed by atoms with Crippen LogP contribution in [-0.4, -0.2) is 31.6 Å². The predicted molar refractivity (Wildman–Crippen MR) is 50.1 cm³/mol. The van der Waals surface area contributed by atoms with E-state index in [0.717, 1.165) is 0 Å². The van der Waals surface area contributed by atoms with E-state index in [1.807, 2.05) is 0 Å². The molecule has 0 radical (unpaired) electrons. The number of nitrogens with zero attached hydrogens (tertiary/aromatic N) is 3. The number of aromatic nitrogens is 4. The van der Waals surface area contributed by atoms with Crippen LogP contribution in [0, 0.1) is 0 Å². The van der Waals surface area contributed by atoms with Crippen LogP contribution in [0.4, 0.5) is 5.82 Å². The summed E-state index contributed by atoms with van der Waals surface area (Å²) in [5.74, 6) is 0.660. The van der Waals surface area contributed by atoms with Gasteiger partial charge in [-0.05, 0) is 0 Å². The van der Waals surface area contributed by atoms with Gasteiger partial charge in [-0.15, -0.1) is 0 Å². The van der Waals surface area contributed by atoms with E-state index >= 15 is 0 Å². The van der Waals surface area contributed by atoms with E-state index in [-0.39, 0.29) is 6.54 Å². The molecular weight excluding hydrogens is 184 g/mol. The molecule has 0 saturated carbocycles. The second-order valence-corrected chi connectivity index (χ2v) is 2.83. The Morgan fingerprint density at radius 2 is 2.29 bits per heavy atom. The van der Waals surface area contributed by atoms with Gasteiger partial charge in [0.1, 0.15) is 23.8 Å². The maximum Gasteiger partial charge on any atom is 0.183 e. The summed E-state index contributed by atoms with van der Waals surface area (Å²) in [6.07, 6.45) is 0.487. The average Bonchev–Trinajstić information content (AvgIpc) is 2.62. The van der Waals surface area contributed by atoms with Crippen LogP contribution in [0.1, 0.15) is 11.9 Å². The largest absolute Gasteiger partial charge is 0.384 e. The lowest BCUT2D eigenvalue weighted by Gasteiger charge is -2.00. The minimum atomic E-state index is -0.830. The molecule has 0 saturated heterocycles. The Bertz CT molecular complexity index is 452. The zero-order chi connectivity index (χ0) is 10.1. The highest BCUT2D eigenvalue weighted by Crippen LogP contribution is 2.16. The van der Waals surface area contributed by atoms with E-state index in [1.54, 1.807) is 0 Å². The number of aliphatic hydroxyl groups is 1. The molecule has 0 bridgehead atoms. The molecule has 0 amide bonds. The van der Waals surface area contributed by atoms with Gasteiger partial charge in [-0.3, -0.25) is 0 Å². The lowest BCUT2D eigenvalue weighted by Crippen LogP contribution is -2.12. The number of hydrogen-bond acceptors (Lipinski definition) is 6. The summed E-state index contributed by atoms with van der Waals surface area (Å²) in [5.41, 5.74) is 11.8. The van der Waals surface area contributed by atoms with Gasteiger partial charge in [0.2, 0.25) is 0 Å². The molecule has 2 rings (SSSR count). The Labute approximate surface area is 79.2 Å². The molecule has 0 aliphatic heterocycles. The van der Waals surface area contributed by atoms with Crippen molar-refractivity contribution >= 4 is 17.0 Å². The number of fused-ring (bicyclic) bond motifs is 1. The van der Waals surface area contributed by atoms with Gasteiger partial charge in [0.05, 0.1) is 0 Å². The molecule has 1 unspecified atom stereocenters. The van der Waals surface area contributed by atoms with Crippen LogP contribution in [0.25, 0.3) is 11.2 Å². The maximum atomic E-state index is 9.41. The first-order valence-corrected chi connectivity index (χ1v) is 4.06. The van der Waals surface area contributed by atoms with Crippen LogP contribution in [-0.2, 0) is 0 Å². The molecular formula is C7H10N6O. The summed E-state index contributed by atoms with van der Waals surface area (Å²) < 4.78 is 0. The van der Waals surface area contributed by atoms with Gasteiger partial charge in [-0.2, -0.15) is 0 Å². The van der Waals surface area contributed by atoms with Crippen LogP contribution < -0.4 is 11.5 Å². The Morgan fingerprint density at radius 3 is 2.93 bits per heavy atom. The Balaban J connectivity index is 2.56. The minimum Gasteiger partial charge on any atom is -0.384 e. The minimum absolute atomic E-state index is 0.0904. The Hall–Kier alpha value is -1.73. The van der Waals surface area contributed by atoms with Gasteiger partial charge in [-0.1, -0.05) is 0 Å². The van der Waals surface area contributed by atoms with Crippen molar-refractivity contribution in [3.63, 3.8) is 0 Å². The van der Waals surface area contributed by atoms with E-state index in [0.29, 0.717) is 22.8 Å². The van der Waals surface area contributed by atoms with Crippen LogP contribution in [0.2, 0.25) is 0 Å². The summed E-state index contributed by atoms with van der Waals surface area (Å²) in [6.45, 7) is 0.0904. The highest BCUT2D eigenvalue weighted by molar-refractivity contribution is 5.81. The number of aromatic amines is 1. The van der Waals surface area contributed by atoms with Crippen molar-refractivity contribution in [2.75, 3.05) is 12.3 Å². The zero-order valence-electron chi connectivity index (χ0n) is 7.31. The van der Waals surface area contributed by atoms with Gasteiger partial charge >= 0.3 is 0 Å². The molecule has 0 aromatic carbocycles. The quantitative estimate of drug-likeness (QED) is 0.482. The average molecular weight is 194 g/mol. The number of imidazole rings is 1. The first-order chi connectivity index (χ1) is 6.72. The third-order valence-electron chi connectivity index (χ3n) is 1.87. The molecule has 7 nitrogen and oxygen atoms in total. The van der Waals surface area contributed by atoms with Crippen LogP contribution in [0.3, 0.4) is 0 Å². The molecule has 0 spiro atoms. The summed E-state index contributed by atoms with van der Waals surface area (Å²) in [6, 6.07) is 0. The van der Waals surface area contributed by atoms with Crippen molar-refractivity contribution in [1.29, 1.82) is 0 Å². The van der Waals surface area contributed by atoms with Crippen molar-refractivity contribution in [2.24, 2.45) is 5.73 Å². The fourth-order valence-electron chi connectivity index (χ4n) is 1.13. The molecule has 0 fully saturated rings.